The molecule has 2 atom stereocenters. The lowest BCUT2D eigenvalue weighted by Gasteiger charge is -2.18. The number of rotatable bonds is 7. The highest BCUT2D eigenvalue weighted by Gasteiger charge is 2.21. The van der Waals surface area contributed by atoms with Crippen molar-refractivity contribution in [3.05, 3.63) is 29.8 Å². The zero-order valence-electron chi connectivity index (χ0n) is 12.0. The number of carboxylic acids is 1. The molecule has 0 spiro atoms. The van der Waals surface area contributed by atoms with Gasteiger partial charge in [0.1, 0.15) is 11.8 Å². The number of hydrogen-bond acceptors (Lipinski definition) is 4. The van der Waals surface area contributed by atoms with E-state index in [1.54, 1.807) is 19.1 Å². The summed E-state index contributed by atoms with van der Waals surface area (Å²) in [7, 11) is 1.51. The standard InChI is InChI=1S/C14H20N2O5/c1-9(8-21-2)15-14(20)16-12(13(18)19)7-10-3-5-11(17)6-4-10/h3-6,9,12,17H,7-8H2,1-2H3,(H,18,19)(H2,15,16,20)/t9?,12-/m1/s1. The Hall–Kier alpha value is -2.28. The van der Waals surface area contributed by atoms with E-state index < -0.39 is 18.0 Å². The maximum Gasteiger partial charge on any atom is 0.326 e. The van der Waals surface area contributed by atoms with Gasteiger partial charge in [-0.15, -0.1) is 0 Å². The summed E-state index contributed by atoms with van der Waals surface area (Å²) in [6.07, 6.45) is 0.127. The molecule has 7 heteroatoms. The molecule has 0 heterocycles. The molecular weight excluding hydrogens is 276 g/mol. The number of hydrogen-bond donors (Lipinski definition) is 4. The summed E-state index contributed by atoms with van der Waals surface area (Å²) >= 11 is 0. The predicted molar refractivity (Wildman–Crippen MR) is 76.2 cm³/mol. The average molecular weight is 296 g/mol. The van der Waals surface area contributed by atoms with E-state index in [9.17, 15) is 14.7 Å². The topological polar surface area (TPSA) is 108 Å². The Balaban J connectivity index is 2.59. The average Bonchev–Trinajstić information content (AvgIpc) is 2.40. The predicted octanol–water partition coefficient (Wildman–Crippen LogP) is 0.722. The van der Waals surface area contributed by atoms with Crippen LogP contribution in [0, 0.1) is 0 Å². The Kier molecular flexibility index (Phi) is 6.48. The van der Waals surface area contributed by atoms with E-state index in [4.69, 9.17) is 9.84 Å². The van der Waals surface area contributed by atoms with E-state index in [0.717, 1.165) is 0 Å². The summed E-state index contributed by atoms with van der Waals surface area (Å²) in [6, 6.07) is 4.31. The lowest BCUT2D eigenvalue weighted by Crippen LogP contribution is -2.50. The third kappa shape index (κ3) is 6.13. The largest absolute Gasteiger partial charge is 0.508 e. The molecule has 0 aliphatic carbocycles. The first-order chi connectivity index (χ1) is 9.92. The van der Waals surface area contributed by atoms with Crippen molar-refractivity contribution >= 4 is 12.0 Å². The summed E-state index contributed by atoms with van der Waals surface area (Å²) in [5.41, 5.74) is 0.699. The number of carboxylic acid groups (broad SMARTS) is 1. The van der Waals surface area contributed by atoms with Crippen molar-refractivity contribution in [3.63, 3.8) is 0 Å². The number of ether oxygens (including phenoxy) is 1. The molecule has 0 aliphatic heterocycles. The number of phenolic OH excluding ortho intramolecular Hbond substituents is 1. The second kappa shape index (κ2) is 8.11. The van der Waals surface area contributed by atoms with Crippen molar-refractivity contribution < 1.29 is 24.5 Å². The third-order valence-corrected chi connectivity index (χ3v) is 2.77. The van der Waals surface area contributed by atoms with Crippen LogP contribution in [0.5, 0.6) is 5.75 Å². The smallest absolute Gasteiger partial charge is 0.326 e. The van der Waals surface area contributed by atoms with E-state index in [0.29, 0.717) is 12.2 Å². The first-order valence-electron chi connectivity index (χ1n) is 6.49. The number of benzene rings is 1. The molecule has 0 fully saturated rings. The highest BCUT2D eigenvalue weighted by Crippen LogP contribution is 2.11. The lowest BCUT2D eigenvalue weighted by molar-refractivity contribution is -0.139. The van der Waals surface area contributed by atoms with Gasteiger partial charge in [0.15, 0.2) is 0 Å². The molecular formula is C14H20N2O5. The number of aromatic hydroxyl groups is 1. The van der Waals surface area contributed by atoms with Gasteiger partial charge in [-0.25, -0.2) is 9.59 Å². The normalized spacial score (nSPS) is 13.2. The summed E-state index contributed by atoms with van der Waals surface area (Å²) in [4.78, 5) is 22.9. The van der Waals surface area contributed by atoms with Crippen molar-refractivity contribution in [1.82, 2.24) is 10.6 Å². The van der Waals surface area contributed by atoms with Crippen LogP contribution in [0.25, 0.3) is 0 Å². The van der Waals surface area contributed by atoms with Gasteiger partial charge >= 0.3 is 12.0 Å². The summed E-state index contributed by atoms with van der Waals surface area (Å²) in [5.74, 6) is -1.03. The van der Waals surface area contributed by atoms with Crippen LogP contribution in [0.4, 0.5) is 4.79 Å². The van der Waals surface area contributed by atoms with E-state index in [1.807, 2.05) is 0 Å². The van der Waals surface area contributed by atoms with Crippen LogP contribution in [-0.2, 0) is 16.0 Å². The SMILES string of the molecule is COCC(C)NC(=O)N[C@H](Cc1ccc(O)cc1)C(=O)O. The minimum atomic E-state index is -1.13. The van der Waals surface area contributed by atoms with Crippen molar-refractivity contribution in [2.24, 2.45) is 0 Å². The molecule has 4 N–H and O–H groups in total. The quantitative estimate of drug-likeness (QED) is 0.593. The minimum absolute atomic E-state index is 0.102. The van der Waals surface area contributed by atoms with Gasteiger partial charge in [0, 0.05) is 13.5 Å². The second-order valence-electron chi connectivity index (χ2n) is 4.74. The van der Waals surface area contributed by atoms with E-state index in [-0.39, 0.29) is 18.2 Å². The molecule has 0 aromatic heterocycles. The Morgan fingerprint density at radius 3 is 2.38 bits per heavy atom. The van der Waals surface area contributed by atoms with Crippen LogP contribution in [0.15, 0.2) is 24.3 Å². The van der Waals surface area contributed by atoms with Gasteiger partial charge in [0.05, 0.1) is 12.6 Å². The van der Waals surface area contributed by atoms with Crippen molar-refractivity contribution in [3.8, 4) is 5.75 Å². The fourth-order valence-corrected chi connectivity index (χ4v) is 1.78. The lowest BCUT2D eigenvalue weighted by atomic mass is 10.1. The summed E-state index contributed by atoms with van der Waals surface area (Å²) in [5, 5.41) is 23.3. The van der Waals surface area contributed by atoms with Gasteiger partial charge in [-0.3, -0.25) is 0 Å². The Labute approximate surface area is 122 Å². The van der Waals surface area contributed by atoms with Crippen LogP contribution >= 0.6 is 0 Å². The highest BCUT2D eigenvalue weighted by atomic mass is 16.5. The van der Waals surface area contributed by atoms with Crippen LogP contribution in [-0.4, -0.2) is 48.0 Å². The maximum atomic E-state index is 11.7. The highest BCUT2D eigenvalue weighted by molar-refractivity contribution is 5.82. The minimum Gasteiger partial charge on any atom is -0.508 e. The van der Waals surface area contributed by atoms with E-state index >= 15 is 0 Å². The molecule has 2 amide bonds. The summed E-state index contributed by atoms with van der Waals surface area (Å²) < 4.78 is 4.88. The third-order valence-electron chi connectivity index (χ3n) is 2.77. The Morgan fingerprint density at radius 1 is 1.24 bits per heavy atom. The molecule has 116 valence electrons. The Bertz CT molecular complexity index is 475. The van der Waals surface area contributed by atoms with Crippen LogP contribution in [0.2, 0.25) is 0 Å². The first kappa shape index (κ1) is 16.8. The van der Waals surface area contributed by atoms with Crippen molar-refractivity contribution in [2.45, 2.75) is 25.4 Å². The van der Waals surface area contributed by atoms with Crippen molar-refractivity contribution in [1.29, 1.82) is 0 Å². The van der Waals surface area contributed by atoms with Crippen molar-refractivity contribution in [2.75, 3.05) is 13.7 Å². The number of phenols is 1. The molecule has 21 heavy (non-hydrogen) atoms. The first-order valence-corrected chi connectivity index (χ1v) is 6.49. The molecule has 1 aromatic carbocycles. The van der Waals surface area contributed by atoms with Gasteiger partial charge in [-0.2, -0.15) is 0 Å². The number of amides is 2. The van der Waals surface area contributed by atoms with Gasteiger partial charge < -0.3 is 25.6 Å². The molecule has 0 aliphatic rings. The molecule has 0 radical (unpaired) electrons. The zero-order chi connectivity index (χ0) is 15.8. The molecule has 1 aromatic rings. The van der Waals surface area contributed by atoms with Gasteiger partial charge in [0.25, 0.3) is 0 Å². The number of aliphatic carboxylic acids is 1. The molecule has 0 bridgehead atoms. The van der Waals surface area contributed by atoms with Crippen LogP contribution in [0.3, 0.4) is 0 Å². The van der Waals surface area contributed by atoms with Crippen LogP contribution in [0.1, 0.15) is 12.5 Å². The van der Waals surface area contributed by atoms with Crippen LogP contribution < -0.4 is 10.6 Å². The monoisotopic (exact) mass is 296 g/mol. The van der Waals surface area contributed by atoms with E-state index in [2.05, 4.69) is 10.6 Å². The maximum absolute atomic E-state index is 11.7. The van der Waals surface area contributed by atoms with Gasteiger partial charge in [0.2, 0.25) is 0 Å². The number of nitrogens with one attached hydrogen (secondary N) is 2. The fraction of sp³-hybridized carbons (Fsp3) is 0.429. The molecule has 0 saturated carbocycles. The molecule has 1 unspecified atom stereocenters. The van der Waals surface area contributed by atoms with Gasteiger partial charge in [-0.05, 0) is 24.6 Å². The second-order valence-corrected chi connectivity index (χ2v) is 4.74. The Morgan fingerprint density at radius 2 is 1.86 bits per heavy atom. The molecule has 1 rings (SSSR count). The number of carbonyl (C=O) groups is 2. The van der Waals surface area contributed by atoms with Gasteiger partial charge in [-0.1, -0.05) is 12.1 Å². The number of methoxy groups -OCH3 is 1. The molecule has 7 nitrogen and oxygen atoms in total. The number of carbonyl (C=O) groups excluding carboxylic acids is 1. The number of urea groups is 1. The fourth-order valence-electron chi connectivity index (χ4n) is 1.78. The summed E-state index contributed by atoms with van der Waals surface area (Å²) in [6.45, 7) is 2.09. The van der Waals surface area contributed by atoms with E-state index in [1.165, 1.54) is 19.2 Å². The molecule has 0 saturated heterocycles. The zero-order valence-corrected chi connectivity index (χ0v) is 12.0.